The van der Waals surface area contributed by atoms with Gasteiger partial charge in [-0.05, 0) is 14.0 Å². The molecule has 1 N–H and O–H groups in total. The number of carbonyl (C=O) groups is 1. The Morgan fingerprint density at radius 1 is 1.73 bits per heavy atom. The van der Waals surface area contributed by atoms with Crippen molar-refractivity contribution >= 4 is 17.5 Å². The molecule has 0 bridgehead atoms. The Labute approximate surface area is 71.5 Å². The fourth-order valence-corrected chi connectivity index (χ4v) is 2.34. The third kappa shape index (κ3) is 2.18. The number of rotatable bonds is 2. The van der Waals surface area contributed by atoms with E-state index in [9.17, 15) is 4.79 Å². The molecule has 0 aromatic carbocycles. The monoisotopic (exact) mass is 174 g/mol. The van der Waals surface area contributed by atoms with Gasteiger partial charge < -0.3 is 0 Å². The molecule has 0 aliphatic carbocycles. The molecule has 1 rings (SSSR count). The van der Waals surface area contributed by atoms with Gasteiger partial charge in [-0.1, -0.05) is 0 Å². The average molecular weight is 174 g/mol. The lowest BCUT2D eigenvalue weighted by Gasteiger charge is -2.32. The van der Waals surface area contributed by atoms with Gasteiger partial charge in [0.2, 0.25) is 0 Å². The Bertz CT molecular complexity index is 151. The van der Waals surface area contributed by atoms with Gasteiger partial charge in [-0.2, -0.15) is 11.8 Å². The zero-order valence-corrected chi connectivity index (χ0v) is 7.78. The molecular weight excluding hydrogens is 160 g/mol. The van der Waals surface area contributed by atoms with Crippen LogP contribution in [0.5, 0.6) is 0 Å². The van der Waals surface area contributed by atoms with E-state index in [4.69, 9.17) is 0 Å². The van der Waals surface area contributed by atoms with E-state index in [1.54, 1.807) is 6.92 Å². The first kappa shape index (κ1) is 9.03. The van der Waals surface area contributed by atoms with Crippen LogP contribution in [0.15, 0.2) is 0 Å². The highest BCUT2D eigenvalue weighted by Crippen LogP contribution is 2.14. The number of hydrogen-bond acceptors (Lipinski definition) is 4. The summed E-state index contributed by atoms with van der Waals surface area (Å²) in [4.78, 5) is 11.1. The molecule has 0 aromatic heterocycles. The van der Waals surface area contributed by atoms with E-state index in [0.29, 0.717) is 0 Å². The molecule has 0 spiro atoms. The first-order valence-corrected chi connectivity index (χ1v) is 4.93. The van der Waals surface area contributed by atoms with Gasteiger partial charge in [-0.25, -0.2) is 5.01 Å². The zero-order valence-electron chi connectivity index (χ0n) is 6.96. The molecule has 1 aliphatic rings. The van der Waals surface area contributed by atoms with Crippen molar-refractivity contribution in [3.05, 3.63) is 0 Å². The summed E-state index contributed by atoms with van der Waals surface area (Å²) in [6.45, 7) is 2.62. The number of nitrogens with zero attached hydrogens (tertiary/aromatic N) is 1. The predicted octanol–water partition coefficient (Wildman–Crippen LogP) is 0.127. The Hall–Kier alpha value is -0.0600. The third-order valence-electron chi connectivity index (χ3n) is 1.88. The molecule has 1 fully saturated rings. The molecule has 1 saturated heterocycles. The maximum atomic E-state index is 11.1. The van der Waals surface area contributed by atoms with Crippen LogP contribution in [-0.2, 0) is 4.79 Å². The highest BCUT2D eigenvalue weighted by atomic mass is 32.2. The van der Waals surface area contributed by atoms with Gasteiger partial charge in [-0.15, -0.1) is 0 Å². The number of nitrogens with one attached hydrogen (secondary N) is 1. The van der Waals surface area contributed by atoms with E-state index in [-0.39, 0.29) is 11.8 Å². The van der Waals surface area contributed by atoms with E-state index in [1.165, 1.54) is 0 Å². The summed E-state index contributed by atoms with van der Waals surface area (Å²) in [6.07, 6.45) is 0. The summed E-state index contributed by atoms with van der Waals surface area (Å²) >= 11 is 1.85. The van der Waals surface area contributed by atoms with Crippen LogP contribution in [-0.4, -0.2) is 41.9 Å². The molecule has 0 radical (unpaired) electrons. The van der Waals surface area contributed by atoms with E-state index in [2.05, 4.69) is 5.43 Å². The lowest BCUT2D eigenvalue weighted by molar-refractivity contribution is -0.122. The van der Waals surface area contributed by atoms with E-state index >= 15 is 0 Å². The average Bonchev–Trinajstić information content (AvgIpc) is 2.04. The molecule has 4 heteroatoms. The number of carbonyl (C=O) groups excluding carboxylic acids is 1. The lowest BCUT2D eigenvalue weighted by atomic mass is 10.2. The second kappa shape index (κ2) is 4.09. The van der Waals surface area contributed by atoms with Crippen molar-refractivity contribution in [1.82, 2.24) is 10.4 Å². The summed E-state index contributed by atoms with van der Waals surface area (Å²) in [7, 11) is 1.87. The number of hydrogen-bond donors (Lipinski definition) is 1. The molecule has 3 nitrogen and oxygen atoms in total. The summed E-state index contributed by atoms with van der Waals surface area (Å²) in [5.74, 6) is 2.30. The van der Waals surface area contributed by atoms with Crippen molar-refractivity contribution < 1.29 is 4.79 Å². The summed E-state index contributed by atoms with van der Waals surface area (Å²) < 4.78 is 0. The molecule has 1 aliphatic heterocycles. The van der Waals surface area contributed by atoms with E-state index < -0.39 is 0 Å². The van der Waals surface area contributed by atoms with Gasteiger partial charge in [0.1, 0.15) is 5.78 Å². The van der Waals surface area contributed by atoms with Gasteiger partial charge >= 0.3 is 0 Å². The molecular formula is C7H14N2OS. The van der Waals surface area contributed by atoms with Crippen molar-refractivity contribution in [1.29, 1.82) is 0 Å². The number of Topliss-reactive ketones (excluding diaryl/α,β-unsaturated/α-hetero) is 1. The number of thioether (sulfide) groups is 1. The Morgan fingerprint density at radius 3 is 2.91 bits per heavy atom. The molecule has 0 aromatic rings. The number of ketones is 1. The second-order valence-electron chi connectivity index (χ2n) is 2.62. The maximum absolute atomic E-state index is 11.1. The van der Waals surface area contributed by atoms with Crippen molar-refractivity contribution in [2.45, 2.75) is 13.0 Å². The Morgan fingerprint density at radius 2 is 2.45 bits per heavy atom. The first-order valence-electron chi connectivity index (χ1n) is 3.78. The van der Waals surface area contributed by atoms with Crippen LogP contribution in [0.4, 0.5) is 0 Å². The molecule has 1 atom stereocenters. The second-order valence-corrected chi connectivity index (χ2v) is 3.77. The summed E-state index contributed by atoms with van der Waals surface area (Å²) in [6, 6.07) is 0.0822. The predicted molar refractivity (Wildman–Crippen MR) is 47.6 cm³/mol. The van der Waals surface area contributed by atoms with Crippen molar-refractivity contribution in [3.63, 3.8) is 0 Å². The minimum atomic E-state index is 0.0822. The third-order valence-corrected chi connectivity index (χ3v) is 2.91. The molecule has 11 heavy (non-hydrogen) atoms. The smallest absolute Gasteiger partial charge is 0.149 e. The van der Waals surface area contributed by atoms with Crippen molar-refractivity contribution in [3.8, 4) is 0 Å². The largest absolute Gasteiger partial charge is 0.298 e. The standard InChI is InChI=1S/C7H14N2OS/c1-6(10)7-5-11-4-3-9(7)8-2/h7-8H,3-5H2,1-2H3. The van der Waals surface area contributed by atoms with Crippen LogP contribution in [0.25, 0.3) is 0 Å². The van der Waals surface area contributed by atoms with Crippen molar-refractivity contribution in [2.24, 2.45) is 0 Å². The van der Waals surface area contributed by atoms with E-state index in [1.807, 2.05) is 23.8 Å². The van der Waals surface area contributed by atoms with E-state index in [0.717, 1.165) is 18.1 Å². The van der Waals surface area contributed by atoms with Crippen LogP contribution in [0.3, 0.4) is 0 Å². The van der Waals surface area contributed by atoms with Crippen LogP contribution in [0.2, 0.25) is 0 Å². The van der Waals surface area contributed by atoms with Crippen LogP contribution in [0, 0.1) is 0 Å². The van der Waals surface area contributed by atoms with Crippen LogP contribution < -0.4 is 5.43 Å². The van der Waals surface area contributed by atoms with Gasteiger partial charge in [0, 0.05) is 18.1 Å². The molecule has 0 saturated carbocycles. The van der Waals surface area contributed by atoms with Gasteiger partial charge in [0.05, 0.1) is 6.04 Å². The summed E-state index contributed by atoms with van der Waals surface area (Å²) in [5, 5.41) is 2.01. The normalized spacial score (nSPS) is 26.9. The highest BCUT2D eigenvalue weighted by molar-refractivity contribution is 7.99. The van der Waals surface area contributed by atoms with Gasteiger partial charge in [0.25, 0.3) is 0 Å². The fourth-order valence-electron chi connectivity index (χ4n) is 1.21. The van der Waals surface area contributed by atoms with Gasteiger partial charge in [0.15, 0.2) is 0 Å². The molecule has 0 amide bonds. The summed E-state index contributed by atoms with van der Waals surface area (Å²) in [5.41, 5.74) is 3.03. The minimum absolute atomic E-state index is 0.0822. The topological polar surface area (TPSA) is 32.3 Å². The highest BCUT2D eigenvalue weighted by Gasteiger charge is 2.24. The van der Waals surface area contributed by atoms with Crippen LogP contribution in [0.1, 0.15) is 6.92 Å². The van der Waals surface area contributed by atoms with Crippen molar-refractivity contribution in [2.75, 3.05) is 25.1 Å². The molecule has 1 heterocycles. The molecule has 1 unspecified atom stereocenters. The minimum Gasteiger partial charge on any atom is -0.298 e. The molecule has 64 valence electrons. The maximum Gasteiger partial charge on any atom is 0.149 e. The lowest BCUT2D eigenvalue weighted by Crippen LogP contribution is -2.52. The SMILES string of the molecule is CNN1CCSCC1C(C)=O. The van der Waals surface area contributed by atoms with Gasteiger partial charge in [-0.3, -0.25) is 10.2 Å². The zero-order chi connectivity index (χ0) is 8.27. The number of hydrazine groups is 1. The Kier molecular flexibility index (Phi) is 3.36. The quantitative estimate of drug-likeness (QED) is 0.645. The first-order chi connectivity index (χ1) is 5.25. The fraction of sp³-hybridized carbons (Fsp3) is 0.857. The van der Waals surface area contributed by atoms with Crippen LogP contribution >= 0.6 is 11.8 Å². The Balaban J connectivity index is 2.51.